The van der Waals surface area contributed by atoms with E-state index in [0.717, 1.165) is 5.56 Å². The van der Waals surface area contributed by atoms with Crippen molar-refractivity contribution in [2.75, 3.05) is 42.5 Å². The fraction of sp³-hybridized carbons (Fsp3) is 0.538. The van der Waals surface area contributed by atoms with E-state index in [2.05, 4.69) is 0 Å². The number of methoxy groups -OCH3 is 4. The summed E-state index contributed by atoms with van der Waals surface area (Å²) in [7, 11) is 10.3. The zero-order valence-electron chi connectivity index (χ0n) is 11.8. The zero-order valence-corrected chi connectivity index (χ0v) is 11.8. The van der Waals surface area contributed by atoms with Gasteiger partial charge >= 0.3 is 0 Å². The summed E-state index contributed by atoms with van der Waals surface area (Å²) in [6, 6.07) is 3.77. The maximum atomic E-state index is 5.44. The number of benzene rings is 1. The molecule has 0 saturated carbocycles. The van der Waals surface area contributed by atoms with Crippen LogP contribution in [-0.4, -0.2) is 47.4 Å². The number of ether oxygens (including phenoxy) is 4. The van der Waals surface area contributed by atoms with Gasteiger partial charge in [-0.3, -0.25) is 4.90 Å². The van der Waals surface area contributed by atoms with E-state index in [1.165, 1.54) is 0 Å². The third-order valence-electron chi connectivity index (χ3n) is 2.66. The summed E-state index contributed by atoms with van der Waals surface area (Å²) in [5, 5.41) is 0. The molecule has 0 bridgehead atoms. The van der Waals surface area contributed by atoms with Crippen LogP contribution >= 0.6 is 0 Å². The highest BCUT2D eigenvalue weighted by Gasteiger charge is 2.19. The van der Waals surface area contributed by atoms with Crippen molar-refractivity contribution in [2.24, 2.45) is 0 Å². The smallest absolute Gasteiger partial charge is 0.203 e. The van der Waals surface area contributed by atoms with Crippen LogP contribution in [0.25, 0.3) is 0 Å². The zero-order chi connectivity index (χ0) is 13.7. The molecule has 0 saturated heterocycles. The van der Waals surface area contributed by atoms with Gasteiger partial charge in [-0.2, -0.15) is 0 Å². The Kier molecular flexibility index (Phi) is 5.25. The molecule has 18 heavy (non-hydrogen) atoms. The summed E-state index contributed by atoms with van der Waals surface area (Å²) in [5.41, 5.74) is 0.942. The summed E-state index contributed by atoms with van der Waals surface area (Å²) in [5.74, 6) is 1.82. The first-order valence-corrected chi connectivity index (χ1v) is 5.58. The van der Waals surface area contributed by atoms with E-state index < -0.39 is 0 Å². The van der Waals surface area contributed by atoms with Crippen LogP contribution in [0, 0.1) is 0 Å². The van der Waals surface area contributed by atoms with Gasteiger partial charge in [0, 0.05) is 12.7 Å². The van der Waals surface area contributed by atoms with Crippen molar-refractivity contribution in [3.63, 3.8) is 0 Å². The van der Waals surface area contributed by atoms with Gasteiger partial charge in [-0.05, 0) is 26.2 Å². The largest absolute Gasteiger partial charge is 0.493 e. The lowest BCUT2D eigenvalue weighted by atomic mass is 10.1. The summed E-state index contributed by atoms with van der Waals surface area (Å²) in [6.07, 6.45) is -0.168. The van der Waals surface area contributed by atoms with Crippen LogP contribution in [0.4, 0.5) is 0 Å². The van der Waals surface area contributed by atoms with Crippen molar-refractivity contribution in [1.29, 1.82) is 0 Å². The Balaban J connectivity index is 3.30. The highest BCUT2D eigenvalue weighted by Crippen LogP contribution is 2.40. The molecule has 0 N–H and O–H groups in total. The Morgan fingerprint density at radius 3 is 1.67 bits per heavy atom. The average Bonchev–Trinajstić information content (AvgIpc) is 2.37. The Morgan fingerprint density at radius 1 is 0.889 bits per heavy atom. The van der Waals surface area contributed by atoms with Crippen molar-refractivity contribution in [2.45, 2.75) is 6.23 Å². The van der Waals surface area contributed by atoms with E-state index in [-0.39, 0.29) is 6.23 Å². The SMILES string of the molecule is COc1cc(C(OC)N(C)C)cc(OC)c1OC. The first kappa shape index (κ1) is 14.6. The fourth-order valence-corrected chi connectivity index (χ4v) is 1.89. The van der Waals surface area contributed by atoms with Gasteiger partial charge in [0.05, 0.1) is 21.3 Å². The normalized spacial score (nSPS) is 12.4. The van der Waals surface area contributed by atoms with Gasteiger partial charge < -0.3 is 18.9 Å². The van der Waals surface area contributed by atoms with Crippen LogP contribution in [0.5, 0.6) is 17.2 Å². The quantitative estimate of drug-likeness (QED) is 0.726. The molecule has 0 amide bonds. The third-order valence-corrected chi connectivity index (χ3v) is 2.66. The molecule has 1 atom stereocenters. The molecule has 0 aliphatic rings. The second-order valence-electron chi connectivity index (χ2n) is 4.01. The van der Waals surface area contributed by atoms with E-state index >= 15 is 0 Å². The second kappa shape index (κ2) is 6.47. The van der Waals surface area contributed by atoms with E-state index in [4.69, 9.17) is 18.9 Å². The van der Waals surface area contributed by atoms with Gasteiger partial charge in [-0.1, -0.05) is 0 Å². The Hall–Kier alpha value is -1.46. The number of hydrogen-bond donors (Lipinski definition) is 0. The molecular weight excluding hydrogens is 234 g/mol. The van der Waals surface area contributed by atoms with E-state index in [1.54, 1.807) is 28.4 Å². The minimum atomic E-state index is -0.168. The Bertz CT molecular complexity index is 368. The van der Waals surface area contributed by atoms with Crippen molar-refractivity contribution in [3.05, 3.63) is 17.7 Å². The molecule has 0 spiro atoms. The molecule has 0 heterocycles. The molecule has 0 radical (unpaired) electrons. The Labute approximate surface area is 108 Å². The predicted octanol–water partition coefficient (Wildman–Crippen LogP) is 1.92. The average molecular weight is 255 g/mol. The van der Waals surface area contributed by atoms with Gasteiger partial charge in [0.15, 0.2) is 11.5 Å². The van der Waals surface area contributed by atoms with Crippen LogP contribution < -0.4 is 14.2 Å². The van der Waals surface area contributed by atoms with Gasteiger partial charge in [0.25, 0.3) is 0 Å². The third kappa shape index (κ3) is 2.86. The number of nitrogens with zero attached hydrogens (tertiary/aromatic N) is 1. The molecule has 1 unspecified atom stereocenters. The van der Waals surface area contributed by atoms with Crippen LogP contribution in [-0.2, 0) is 4.74 Å². The Morgan fingerprint density at radius 2 is 1.39 bits per heavy atom. The van der Waals surface area contributed by atoms with Crippen LogP contribution in [0.3, 0.4) is 0 Å². The van der Waals surface area contributed by atoms with E-state index in [0.29, 0.717) is 17.2 Å². The standard InChI is InChI=1S/C13H21NO4/c1-14(2)13(18-6)9-7-10(15-3)12(17-5)11(8-9)16-4/h7-8,13H,1-6H3. The summed E-state index contributed by atoms with van der Waals surface area (Å²) in [4.78, 5) is 1.96. The van der Waals surface area contributed by atoms with Crippen molar-refractivity contribution < 1.29 is 18.9 Å². The molecule has 1 rings (SSSR count). The molecule has 0 aliphatic heterocycles. The van der Waals surface area contributed by atoms with Gasteiger partial charge in [-0.25, -0.2) is 0 Å². The van der Waals surface area contributed by atoms with Gasteiger partial charge in [0.1, 0.15) is 6.23 Å². The van der Waals surface area contributed by atoms with Crippen molar-refractivity contribution in [3.8, 4) is 17.2 Å². The monoisotopic (exact) mass is 255 g/mol. The number of hydrogen-bond acceptors (Lipinski definition) is 5. The summed E-state index contributed by atoms with van der Waals surface area (Å²) in [6.45, 7) is 0. The minimum absolute atomic E-state index is 0.168. The van der Waals surface area contributed by atoms with E-state index in [1.807, 2.05) is 31.1 Å². The molecule has 5 heteroatoms. The molecule has 102 valence electrons. The molecule has 0 aromatic heterocycles. The first-order valence-electron chi connectivity index (χ1n) is 5.58. The molecule has 5 nitrogen and oxygen atoms in total. The first-order chi connectivity index (χ1) is 8.58. The predicted molar refractivity (Wildman–Crippen MR) is 69.5 cm³/mol. The lowest BCUT2D eigenvalue weighted by Crippen LogP contribution is -2.21. The van der Waals surface area contributed by atoms with Gasteiger partial charge in [0.2, 0.25) is 5.75 Å². The summed E-state index contributed by atoms with van der Waals surface area (Å²) < 4.78 is 21.4. The van der Waals surface area contributed by atoms with Gasteiger partial charge in [-0.15, -0.1) is 0 Å². The lowest BCUT2D eigenvalue weighted by Gasteiger charge is -2.24. The maximum Gasteiger partial charge on any atom is 0.203 e. The van der Waals surface area contributed by atoms with Crippen LogP contribution in [0.15, 0.2) is 12.1 Å². The minimum Gasteiger partial charge on any atom is -0.493 e. The topological polar surface area (TPSA) is 40.2 Å². The van der Waals surface area contributed by atoms with Crippen molar-refractivity contribution in [1.82, 2.24) is 4.90 Å². The summed E-state index contributed by atoms with van der Waals surface area (Å²) >= 11 is 0. The molecule has 0 aliphatic carbocycles. The lowest BCUT2D eigenvalue weighted by molar-refractivity contribution is -0.00569. The molecule has 1 aromatic rings. The molecule has 0 fully saturated rings. The van der Waals surface area contributed by atoms with E-state index in [9.17, 15) is 0 Å². The van der Waals surface area contributed by atoms with Crippen LogP contribution in [0.1, 0.15) is 11.8 Å². The highest BCUT2D eigenvalue weighted by molar-refractivity contribution is 5.54. The van der Waals surface area contributed by atoms with Crippen LogP contribution in [0.2, 0.25) is 0 Å². The van der Waals surface area contributed by atoms with Crippen molar-refractivity contribution >= 4 is 0 Å². The molecule has 1 aromatic carbocycles. The maximum absolute atomic E-state index is 5.44. The number of rotatable bonds is 6. The fourth-order valence-electron chi connectivity index (χ4n) is 1.89. The highest BCUT2D eigenvalue weighted by atomic mass is 16.5. The second-order valence-corrected chi connectivity index (χ2v) is 4.01. The molecular formula is C13H21NO4.